The minimum Gasteiger partial charge on any atom is -0.353 e. The van der Waals surface area contributed by atoms with Crippen LogP contribution in [-0.4, -0.2) is 71.9 Å². The fourth-order valence-electron chi connectivity index (χ4n) is 4.77. The van der Waals surface area contributed by atoms with E-state index in [4.69, 9.17) is 5.73 Å². The lowest BCUT2D eigenvalue weighted by molar-refractivity contribution is -0.136. The monoisotopic (exact) mass is 407 g/mol. The van der Waals surface area contributed by atoms with Gasteiger partial charge in [-0.1, -0.05) is 6.07 Å². The van der Waals surface area contributed by atoms with Crippen LogP contribution in [0.3, 0.4) is 0 Å². The number of anilines is 1. The predicted molar refractivity (Wildman–Crippen MR) is 110 cm³/mol. The average Bonchev–Trinajstić information content (AvgIpc) is 3.29. The molecule has 1 aliphatic carbocycles. The smallest absolute Gasteiger partial charge is 0.223 e. The average molecular weight is 408 g/mol. The fourth-order valence-corrected chi connectivity index (χ4v) is 4.77. The van der Waals surface area contributed by atoms with Gasteiger partial charge >= 0.3 is 0 Å². The van der Waals surface area contributed by atoms with Crippen LogP contribution in [0.4, 0.5) is 5.82 Å². The van der Waals surface area contributed by atoms with Crippen LogP contribution >= 0.6 is 12.4 Å². The van der Waals surface area contributed by atoms with Crippen molar-refractivity contribution in [3.63, 3.8) is 0 Å². The second kappa shape index (κ2) is 9.09. The van der Waals surface area contributed by atoms with Crippen LogP contribution in [0.25, 0.3) is 0 Å². The lowest BCUT2D eigenvalue weighted by Gasteiger charge is -2.35. The Morgan fingerprint density at radius 2 is 1.71 bits per heavy atom. The molecule has 0 bridgehead atoms. The third-order valence-electron chi connectivity index (χ3n) is 6.42. The van der Waals surface area contributed by atoms with Gasteiger partial charge in [-0.3, -0.25) is 9.59 Å². The van der Waals surface area contributed by atoms with Crippen LogP contribution in [0.15, 0.2) is 24.4 Å². The maximum absolute atomic E-state index is 12.5. The van der Waals surface area contributed by atoms with Crippen LogP contribution in [0.5, 0.6) is 0 Å². The van der Waals surface area contributed by atoms with Gasteiger partial charge in [0.2, 0.25) is 11.8 Å². The summed E-state index contributed by atoms with van der Waals surface area (Å²) in [6, 6.07) is 6.12. The van der Waals surface area contributed by atoms with Crippen molar-refractivity contribution in [3.05, 3.63) is 24.4 Å². The maximum Gasteiger partial charge on any atom is 0.223 e. The number of halogens is 1. The van der Waals surface area contributed by atoms with Gasteiger partial charge < -0.3 is 20.4 Å². The Kier molecular flexibility index (Phi) is 6.78. The number of hydrogen-bond acceptors (Lipinski definition) is 5. The highest BCUT2D eigenvalue weighted by molar-refractivity contribution is 5.85. The Labute approximate surface area is 172 Å². The Morgan fingerprint density at radius 1 is 1.00 bits per heavy atom. The topological polar surface area (TPSA) is 82.8 Å². The molecule has 154 valence electrons. The Bertz CT molecular complexity index is 680. The highest BCUT2D eigenvalue weighted by atomic mass is 35.5. The molecule has 1 saturated carbocycles. The first-order valence-electron chi connectivity index (χ1n) is 10.1. The van der Waals surface area contributed by atoms with Crippen molar-refractivity contribution >= 4 is 30.0 Å². The van der Waals surface area contributed by atoms with Crippen LogP contribution < -0.4 is 10.6 Å². The molecule has 1 aromatic rings. The van der Waals surface area contributed by atoms with E-state index in [1.54, 1.807) is 6.20 Å². The SMILES string of the molecule is Cl.NC1CCC2CN(C(=O)CCC(=O)N3CCN(c4ccccn4)CC3)CC12. The van der Waals surface area contributed by atoms with E-state index in [0.29, 0.717) is 37.8 Å². The Morgan fingerprint density at radius 3 is 2.36 bits per heavy atom. The third kappa shape index (κ3) is 4.41. The van der Waals surface area contributed by atoms with E-state index < -0.39 is 0 Å². The first kappa shape index (κ1) is 20.9. The molecule has 3 aliphatic rings. The molecule has 7 nitrogen and oxygen atoms in total. The number of nitrogens with two attached hydrogens (primary N) is 1. The van der Waals surface area contributed by atoms with Crippen LogP contribution in [0, 0.1) is 11.8 Å². The largest absolute Gasteiger partial charge is 0.353 e. The standard InChI is InChI=1S/C20H29N5O2.ClH/c21-17-5-4-15-13-25(14-16(15)17)20(27)7-6-19(26)24-11-9-23(10-12-24)18-3-1-2-8-22-18;/h1-3,8,15-17H,4-7,9-14,21H2;1H. The van der Waals surface area contributed by atoms with Gasteiger partial charge in [0.25, 0.3) is 0 Å². The second-order valence-corrected chi connectivity index (χ2v) is 8.02. The molecule has 28 heavy (non-hydrogen) atoms. The Hall–Kier alpha value is -1.86. The van der Waals surface area contributed by atoms with Crippen molar-refractivity contribution in [1.29, 1.82) is 0 Å². The van der Waals surface area contributed by atoms with Crippen LogP contribution in [0.1, 0.15) is 25.7 Å². The number of carbonyl (C=O) groups excluding carboxylic acids is 2. The van der Waals surface area contributed by atoms with Gasteiger partial charge in [0.1, 0.15) is 5.82 Å². The predicted octanol–water partition coefficient (Wildman–Crippen LogP) is 1.13. The molecule has 3 heterocycles. The molecule has 2 N–H and O–H groups in total. The van der Waals surface area contributed by atoms with E-state index in [9.17, 15) is 9.59 Å². The van der Waals surface area contributed by atoms with Crippen molar-refractivity contribution < 1.29 is 9.59 Å². The van der Waals surface area contributed by atoms with Gasteiger partial charge in [-0.2, -0.15) is 0 Å². The summed E-state index contributed by atoms with van der Waals surface area (Å²) >= 11 is 0. The molecular weight excluding hydrogens is 378 g/mol. The highest BCUT2D eigenvalue weighted by Crippen LogP contribution is 2.37. The van der Waals surface area contributed by atoms with E-state index in [0.717, 1.165) is 44.8 Å². The molecule has 3 atom stereocenters. The third-order valence-corrected chi connectivity index (χ3v) is 6.42. The minimum atomic E-state index is 0. The number of aromatic nitrogens is 1. The number of amides is 2. The van der Waals surface area contributed by atoms with E-state index >= 15 is 0 Å². The van der Waals surface area contributed by atoms with E-state index in [2.05, 4.69) is 9.88 Å². The zero-order chi connectivity index (χ0) is 18.8. The summed E-state index contributed by atoms with van der Waals surface area (Å²) in [6.07, 6.45) is 4.63. The summed E-state index contributed by atoms with van der Waals surface area (Å²) in [5.74, 6) is 2.18. The number of piperazine rings is 1. The van der Waals surface area contributed by atoms with Gasteiger partial charge in [0, 0.05) is 64.3 Å². The number of likely N-dealkylation sites (tertiary alicyclic amines) is 1. The van der Waals surface area contributed by atoms with Gasteiger partial charge in [-0.05, 0) is 36.8 Å². The number of rotatable bonds is 4. The number of hydrogen-bond donors (Lipinski definition) is 1. The number of carbonyl (C=O) groups is 2. The van der Waals surface area contributed by atoms with Gasteiger partial charge in [-0.15, -0.1) is 12.4 Å². The fraction of sp³-hybridized carbons (Fsp3) is 0.650. The zero-order valence-corrected chi connectivity index (χ0v) is 17.0. The van der Waals surface area contributed by atoms with E-state index in [1.165, 1.54) is 0 Å². The van der Waals surface area contributed by atoms with Crippen molar-refractivity contribution in [2.45, 2.75) is 31.7 Å². The number of fused-ring (bicyclic) bond motifs is 1. The number of nitrogens with zero attached hydrogens (tertiary/aromatic N) is 4. The first-order chi connectivity index (χ1) is 13.1. The van der Waals surface area contributed by atoms with E-state index in [1.807, 2.05) is 28.0 Å². The molecule has 2 amide bonds. The molecular formula is C20H30ClN5O2. The first-order valence-corrected chi connectivity index (χ1v) is 10.1. The molecule has 3 fully saturated rings. The summed E-state index contributed by atoms with van der Waals surface area (Å²) in [4.78, 5) is 35.4. The second-order valence-electron chi connectivity index (χ2n) is 8.02. The zero-order valence-electron chi connectivity index (χ0n) is 16.2. The summed E-state index contributed by atoms with van der Waals surface area (Å²) in [5, 5.41) is 0. The summed E-state index contributed by atoms with van der Waals surface area (Å²) in [5.41, 5.74) is 6.15. The summed E-state index contributed by atoms with van der Waals surface area (Å²) < 4.78 is 0. The lowest BCUT2D eigenvalue weighted by atomic mass is 9.98. The molecule has 2 saturated heterocycles. The van der Waals surface area contributed by atoms with Gasteiger partial charge in [0.05, 0.1) is 0 Å². The normalized spacial score (nSPS) is 26.8. The van der Waals surface area contributed by atoms with Crippen molar-refractivity contribution in [1.82, 2.24) is 14.8 Å². The highest BCUT2D eigenvalue weighted by Gasteiger charge is 2.42. The maximum atomic E-state index is 12.5. The lowest BCUT2D eigenvalue weighted by Crippen LogP contribution is -2.49. The van der Waals surface area contributed by atoms with Crippen molar-refractivity contribution in [3.8, 4) is 0 Å². The van der Waals surface area contributed by atoms with Gasteiger partial charge in [0.15, 0.2) is 0 Å². The molecule has 2 aliphatic heterocycles. The molecule has 0 spiro atoms. The van der Waals surface area contributed by atoms with Gasteiger partial charge in [-0.25, -0.2) is 4.98 Å². The molecule has 0 aromatic carbocycles. The summed E-state index contributed by atoms with van der Waals surface area (Å²) in [7, 11) is 0. The molecule has 4 rings (SSSR count). The number of pyridine rings is 1. The van der Waals surface area contributed by atoms with Crippen molar-refractivity contribution in [2.75, 3.05) is 44.2 Å². The van der Waals surface area contributed by atoms with E-state index in [-0.39, 0.29) is 30.3 Å². The molecule has 3 unspecified atom stereocenters. The van der Waals surface area contributed by atoms with Crippen LogP contribution in [-0.2, 0) is 9.59 Å². The molecule has 1 aromatic heterocycles. The Balaban J connectivity index is 0.00000225. The molecule has 8 heteroatoms. The van der Waals surface area contributed by atoms with Crippen LogP contribution in [0.2, 0.25) is 0 Å². The minimum absolute atomic E-state index is 0. The molecule has 0 radical (unpaired) electrons. The van der Waals surface area contributed by atoms with Crippen molar-refractivity contribution in [2.24, 2.45) is 17.6 Å². The summed E-state index contributed by atoms with van der Waals surface area (Å²) in [6.45, 7) is 4.54. The quantitative estimate of drug-likeness (QED) is 0.808.